The van der Waals surface area contributed by atoms with Crippen LogP contribution in [0.25, 0.3) is 0 Å². The number of nitrogen functional groups attached to an aromatic ring is 1. The number of hydrogen-bond acceptors (Lipinski definition) is 7. The number of aromatic nitrogens is 2. The molecule has 3 heterocycles. The van der Waals surface area contributed by atoms with Gasteiger partial charge in [-0.15, -0.1) is 0 Å². The first kappa shape index (κ1) is 34.1. The lowest BCUT2D eigenvalue weighted by Gasteiger charge is -2.46. The Morgan fingerprint density at radius 2 is 1.74 bits per heavy atom. The molecule has 0 bridgehead atoms. The highest BCUT2D eigenvalue weighted by atomic mass is 79.9. The van der Waals surface area contributed by atoms with E-state index in [9.17, 15) is 17.6 Å². The SMILES string of the molecule is COc1cc(N2CCN(C(C)(C)C)C[C@@H]2C)ncc1Br.Nc1ncc(Br)cc1OC(c1cc(F)ccc1Cl)C(F)(F)F. The molecule has 1 fully saturated rings. The number of nitrogens with zero attached hydrogens (tertiary/aromatic N) is 4. The van der Waals surface area contributed by atoms with Gasteiger partial charge in [-0.05, 0) is 83.8 Å². The minimum Gasteiger partial charge on any atom is -0.495 e. The zero-order valence-electron chi connectivity index (χ0n) is 23.6. The monoisotopic (exact) mass is 739 g/mol. The van der Waals surface area contributed by atoms with Crippen molar-refractivity contribution in [1.29, 1.82) is 0 Å². The van der Waals surface area contributed by atoms with E-state index in [2.05, 4.69) is 79.3 Å². The molecule has 1 unspecified atom stereocenters. The van der Waals surface area contributed by atoms with Gasteiger partial charge in [0.2, 0.25) is 6.10 Å². The summed E-state index contributed by atoms with van der Waals surface area (Å²) in [4.78, 5) is 13.1. The van der Waals surface area contributed by atoms with Crippen molar-refractivity contribution in [2.75, 3.05) is 37.4 Å². The topological polar surface area (TPSA) is 76.7 Å². The molecular formula is C28H32Br2ClF4N5O2. The summed E-state index contributed by atoms with van der Waals surface area (Å²) in [5.74, 6) is 0.436. The van der Waals surface area contributed by atoms with Crippen LogP contribution in [0.4, 0.5) is 29.2 Å². The van der Waals surface area contributed by atoms with E-state index in [4.69, 9.17) is 26.8 Å². The molecule has 0 aliphatic carbocycles. The Labute approximate surface area is 264 Å². The molecule has 14 heteroatoms. The molecule has 3 aromatic rings. The molecule has 1 aliphatic heterocycles. The Kier molecular flexibility index (Phi) is 11.3. The number of ether oxygens (including phenoxy) is 2. The minimum absolute atomic E-state index is 0.227. The zero-order chi connectivity index (χ0) is 31.4. The van der Waals surface area contributed by atoms with Gasteiger partial charge in [0.25, 0.3) is 0 Å². The summed E-state index contributed by atoms with van der Waals surface area (Å²) in [6.07, 6.45) is -4.18. The second-order valence-corrected chi connectivity index (χ2v) is 12.8. The molecule has 230 valence electrons. The number of halogens is 7. The fourth-order valence-corrected chi connectivity index (χ4v) is 5.21. The predicted molar refractivity (Wildman–Crippen MR) is 164 cm³/mol. The Morgan fingerprint density at radius 3 is 2.33 bits per heavy atom. The van der Waals surface area contributed by atoms with Crippen LogP contribution in [0.2, 0.25) is 5.02 Å². The van der Waals surface area contributed by atoms with Crippen molar-refractivity contribution in [3.05, 3.63) is 68.1 Å². The highest BCUT2D eigenvalue weighted by molar-refractivity contribution is 9.10. The smallest absolute Gasteiger partial charge is 0.429 e. The van der Waals surface area contributed by atoms with Gasteiger partial charge in [0.05, 0.1) is 11.6 Å². The van der Waals surface area contributed by atoms with Crippen LogP contribution in [-0.4, -0.2) is 59.4 Å². The molecule has 0 radical (unpaired) electrons. The van der Waals surface area contributed by atoms with Crippen LogP contribution in [0, 0.1) is 5.82 Å². The highest BCUT2D eigenvalue weighted by Crippen LogP contribution is 2.41. The van der Waals surface area contributed by atoms with Gasteiger partial charge >= 0.3 is 6.18 Å². The van der Waals surface area contributed by atoms with E-state index in [-0.39, 0.29) is 22.1 Å². The summed E-state index contributed by atoms with van der Waals surface area (Å²) in [5, 5.41) is -0.273. The number of hydrogen-bond donors (Lipinski definition) is 1. The first-order valence-electron chi connectivity index (χ1n) is 12.8. The largest absolute Gasteiger partial charge is 0.495 e. The second-order valence-electron chi connectivity index (χ2n) is 10.6. The fraction of sp³-hybridized carbons (Fsp3) is 0.429. The number of alkyl halides is 3. The van der Waals surface area contributed by atoms with Gasteiger partial charge in [-0.25, -0.2) is 14.4 Å². The third kappa shape index (κ3) is 8.84. The number of piperazine rings is 1. The molecular weight excluding hydrogens is 710 g/mol. The lowest BCUT2D eigenvalue weighted by molar-refractivity contribution is -0.197. The van der Waals surface area contributed by atoms with E-state index < -0.39 is 23.7 Å². The summed E-state index contributed by atoms with van der Waals surface area (Å²) in [7, 11) is 1.69. The average molecular weight is 742 g/mol. The molecule has 2 aromatic heterocycles. The molecule has 2 N–H and O–H groups in total. The molecule has 1 saturated heterocycles. The van der Waals surface area contributed by atoms with Gasteiger partial charge in [0.15, 0.2) is 11.6 Å². The molecule has 1 aromatic carbocycles. The maximum absolute atomic E-state index is 13.3. The van der Waals surface area contributed by atoms with Crippen molar-refractivity contribution >= 4 is 55.1 Å². The fourth-order valence-electron chi connectivity index (χ4n) is 4.31. The molecule has 42 heavy (non-hydrogen) atoms. The van der Waals surface area contributed by atoms with Gasteiger partial charge in [-0.3, -0.25) is 4.90 Å². The molecule has 0 saturated carbocycles. The van der Waals surface area contributed by atoms with Crippen LogP contribution < -0.4 is 20.1 Å². The molecule has 1 aliphatic rings. The van der Waals surface area contributed by atoms with Crippen LogP contribution in [0.3, 0.4) is 0 Å². The maximum atomic E-state index is 13.3. The number of nitrogens with two attached hydrogens (primary N) is 1. The number of anilines is 2. The predicted octanol–water partition coefficient (Wildman–Crippen LogP) is 8.06. The normalized spacial score (nSPS) is 16.9. The van der Waals surface area contributed by atoms with Crippen molar-refractivity contribution in [3.63, 3.8) is 0 Å². The van der Waals surface area contributed by atoms with Crippen molar-refractivity contribution in [3.8, 4) is 11.5 Å². The number of benzene rings is 1. The lowest BCUT2D eigenvalue weighted by atomic mass is 10.0. The van der Waals surface area contributed by atoms with Crippen LogP contribution in [0.5, 0.6) is 11.5 Å². The molecule has 0 amide bonds. The summed E-state index contributed by atoms with van der Waals surface area (Å²) < 4.78 is 64.6. The standard InChI is InChI=1S/C15H24BrN3O.C13H8BrClF4N2O/c1-11-10-18(15(2,3)4)6-7-19(11)14-8-13(20-5)12(16)9-17-14;14-6-3-10(12(20)21-5-6)22-11(13(17,18)19)8-4-7(16)1-2-9(8)15/h8-9,11H,6-7,10H2,1-5H3;1-5,11H,(H2,20,21)/t11-;/m0./s1. The number of pyridine rings is 2. The molecule has 7 nitrogen and oxygen atoms in total. The van der Waals surface area contributed by atoms with Crippen molar-refractivity contribution < 1.29 is 27.0 Å². The van der Waals surface area contributed by atoms with Crippen LogP contribution in [0.1, 0.15) is 39.4 Å². The Bertz CT molecular complexity index is 1380. The molecule has 0 spiro atoms. The average Bonchev–Trinajstić information content (AvgIpc) is 2.90. The Hall–Kier alpha value is -2.35. The first-order chi connectivity index (χ1) is 19.5. The summed E-state index contributed by atoms with van der Waals surface area (Å²) in [5.41, 5.74) is 5.18. The second kappa shape index (κ2) is 14.0. The van der Waals surface area contributed by atoms with E-state index in [1.54, 1.807) is 7.11 Å². The van der Waals surface area contributed by atoms with Crippen LogP contribution in [0.15, 0.2) is 51.7 Å². The van der Waals surface area contributed by atoms with Crippen LogP contribution in [-0.2, 0) is 0 Å². The van der Waals surface area contributed by atoms with E-state index >= 15 is 0 Å². The Balaban J connectivity index is 0.000000231. The third-order valence-electron chi connectivity index (χ3n) is 6.53. The van der Waals surface area contributed by atoms with Gasteiger partial charge in [0.1, 0.15) is 17.4 Å². The van der Waals surface area contributed by atoms with E-state index in [1.807, 2.05) is 12.3 Å². The van der Waals surface area contributed by atoms with Gasteiger partial charge in [-0.2, -0.15) is 13.2 Å². The van der Waals surface area contributed by atoms with Crippen molar-refractivity contribution in [2.24, 2.45) is 0 Å². The van der Waals surface area contributed by atoms with Crippen molar-refractivity contribution in [1.82, 2.24) is 14.9 Å². The van der Waals surface area contributed by atoms with E-state index in [0.717, 1.165) is 47.8 Å². The van der Waals surface area contributed by atoms with Crippen LogP contribution >= 0.6 is 43.5 Å². The number of methoxy groups -OCH3 is 1. The van der Waals surface area contributed by atoms with Crippen molar-refractivity contribution in [2.45, 2.75) is 51.6 Å². The molecule has 4 rings (SSSR count). The van der Waals surface area contributed by atoms with E-state index in [1.165, 1.54) is 12.3 Å². The number of rotatable bonds is 5. The van der Waals surface area contributed by atoms with Gasteiger partial charge in [0, 0.05) is 64.7 Å². The first-order valence-corrected chi connectivity index (χ1v) is 14.8. The quantitative estimate of drug-likeness (QED) is 0.265. The van der Waals surface area contributed by atoms with Gasteiger partial charge in [-0.1, -0.05) is 11.6 Å². The maximum Gasteiger partial charge on any atom is 0.429 e. The summed E-state index contributed by atoms with van der Waals surface area (Å²) in [6, 6.07) is 6.33. The highest BCUT2D eigenvalue weighted by Gasteiger charge is 2.44. The molecule has 2 atom stereocenters. The third-order valence-corrected chi connectivity index (χ3v) is 7.90. The summed E-state index contributed by atoms with van der Waals surface area (Å²) in [6.45, 7) is 12.2. The van der Waals surface area contributed by atoms with E-state index in [0.29, 0.717) is 16.6 Å². The minimum atomic E-state index is -4.83. The summed E-state index contributed by atoms with van der Waals surface area (Å²) >= 11 is 12.2. The Morgan fingerprint density at radius 1 is 1.05 bits per heavy atom. The lowest BCUT2D eigenvalue weighted by Crippen LogP contribution is -2.57. The van der Waals surface area contributed by atoms with Gasteiger partial charge < -0.3 is 20.1 Å². The zero-order valence-corrected chi connectivity index (χ0v) is 27.6.